The minimum absolute atomic E-state index is 0.136. The highest BCUT2D eigenvalue weighted by molar-refractivity contribution is 5.91. The lowest BCUT2D eigenvalue weighted by molar-refractivity contribution is -0.123. The van der Waals surface area contributed by atoms with Gasteiger partial charge in [-0.05, 0) is 84.6 Å². The molecule has 0 aliphatic carbocycles. The normalized spacial score (nSPS) is 10.6. The Morgan fingerprint density at radius 3 is 2.09 bits per heavy atom. The van der Waals surface area contributed by atoms with Crippen LogP contribution in [0.15, 0.2) is 77.9 Å². The first-order valence-electron chi connectivity index (χ1n) is 11.2. The van der Waals surface area contributed by atoms with Crippen LogP contribution in [0.3, 0.4) is 0 Å². The standard InChI is InChI=1S/C27H28N2O5/c1-3-17-32-23-15-9-22(10-16-23)27(31)34-25-13-7-21(8-14-25)18-28-29-26(30)19-33-24-11-5-20(4-2)6-12-24/h5-16,18H,3-4,17,19H2,1-2H3,(H,29,30)/b28-18-. The van der Waals surface area contributed by atoms with Gasteiger partial charge < -0.3 is 14.2 Å². The van der Waals surface area contributed by atoms with E-state index in [0.29, 0.717) is 29.4 Å². The molecule has 3 aromatic carbocycles. The fourth-order valence-electron chi connectivity index (χ4n) is 2.88. The number of esters is 1. The molecule has 7 nitrogen and oxygen atoms in total. The zero-order chi connectivity index (χ0) is 24.2. The maximum absolute atomic E-state index is 12.3. The van der Waals surface area contributed by atoms with Gasteiger partial charge in [0, 0.05) is 0 Å². The van der Waals surface area contributed by atoms with Gasteiger partial charge in [0.15, 0.2) is 6.61 Å². The fraction of sp³-hybridized carbons (Fsp3) is 0.222. The van der Waals surface area contributed by atoms with Crippen molar-refractivity contribution in [2.75, 3.05) is 13.2 Å². The molecule has 0 aliphatic rings. The molecule has 0 bridgehead atoms. The molecule has 34 heavy (non-hydrogen) atoms. The lowest BCUT2D eigenvalue weighted by atomic mass is 10.2. The van der Waals surface area contributed by atoms with Gasteiger partial charge in [0.25, 0.3) is 5.91 Å². The van der Waals surface area contributed by atoms with Crippen molar-refractivity contribution in [3.63, 3.8) is 0 Å². The molecule has 3 aromatic rings. The summed E-state index contributed by atoms with van der Waals surface area (Å²) < 4.78 is 16.4. The summed E-state index contributed by atoms with van der Waals surface area (Å²) in [7, 11) is 0. The van der Waals surface area contributed by atoms with Crippen molar-refractivity contribution in [2.45, 2.75) is 26.7 Å². The average Bonchev–Trinajstić information content (AvgIpc) is 2.88. The molecule has 0 saturated carbocycles. The smallest absolute Gasteiger partial charge is 0.343 e. The molecule has 1 N–H and O–H groups in total. The van der Waals surface area contributed by atoms with E-state index in [4.69, 9.17) is 14.2 Å². The van der Waals surface area contributed by atoms with Crippen LogP contribution in [0.1, 0.15) is 41.8 Å². The number of ether oxygens (including phenoxy) is 3. The molecular weight excluding hydrogens is 432 g/mol. The maximum Gasteiger partial charge on any atom is 0.343 e. The number of carbonyl (C=O) groups is 2. The summed E-state index contributed by atoms with van der Waals surface area (Å²) in [6.45, 7) is 4.60. The van der Waals surface area contributed by atoms with Crippen LogP contribution in [-0.2, 0) is 11.2 Å². The third kappa shape index (κ3) is 7.78. The zero-order valence-electron chi connectivity index (χ0n) is 19.3. The Hall–Kier alpha value is -4.13. The monoisotopic (exact) mass is 460 g/mol. The second-order valence-corrected chi connectivity index (χ2v) is 7.41. The Labute approximate surface area is 199 Å². The number of rotatable bonds is 11. The quantitative estimate of drug-likeness (QED) is 0.193. The Morgan fingerprint density at radius 1 is 0.824 bits per heavy atom. The Balaban J connectivity index is 1.43. The first-order valence-corrected chi connectivity index (χ1v) is 11.2. The fourth-order valence-corrected chi connectivity index (χ4v) is 2.88. The van der Waals surface area contributed by atoms with Crippen LogP contribution < -0.4 is 19.6 Å². The van der Waals surface area contributed by atoms with Gasteiger partial charge in [-0.1, -0.05) is 26.0 Å². The zero-order valence-corrected chi connectivity index (χ0v) is 19.3. The van der Waals surface area contributed by atoms with Gasteiger partial charge in [0.2, 0.25) is 0 Å². The van der Waals surface area contributed by atoms with E-state index in [1.807, 2.05) is 31.2 Å². The summed E-state index contributed by atoms with van der Waals surface area (Å²) in [4.78, 5) is 24.2. The second-order valence-electron chi connectivity index (χ2n) is 7.41. The highest BCUT2D eigenvalue weighted by Gasteiger charge is 2.09. The third-order valence-corrected chi connectivity index (χ3v) is 4.76. The van der Waals surface area contributed by atoms with Crippen molar-refractivity contribution < 1.29 is 23.8 Å². The summed E-state index contributed by atoms with van der Waals surface area (Å²) in [5.74, 6) is 0.918. The van der Waals surface area contributed by atoms with E-state index >= 15 is 0 Å². The molecule has 1 amide bonds. The SMILES string of the molecule is CCCOc1ccc(C(=O)Oc2ccc(/C=N\NC(=O)COc3ccc(CC)cc3)cc2)cc1. The van der Waals surface area contributed by atoms with Crippen LogP contribution in [0, 0.1) is 0 Å². The van der Waals surface area contributed by atoms with Gasteiger partial charge in [0.05, 0.1) is 18.4 Å². The number of nitrogens with one attached hydrogen (secondary N) is 1. The molecule has 0 heterocycles. The van der Waals surface area contributed by atoms with E-state index in [9.17, 15) is 9.59 Å². The topological polar surface area (TPSA) is 86.2 Å². The molecule has 7 heteroatoms. The van der Waals surface area contributed by atoms with Crippen molar-refractivity contribution in [3.8, 4) is 17.2 Å². The van der Waals surface area contributed by atoms with E-state index in [1.54, 1.807) is 48.5 Å². The van der Waals surface area contributed by atoms with Crippen LogP contribution >= 0.6 is 0 Å². The van der Waals surface area contributed by atoms with Crippen molar-refractivity contribution >= 4 is 18.1 Å². The average molecular weight is 461 g/mol. The number of amides is 1. The van der Waals surface area contributed by atoms with E-state index in [0.717, 1.165) is 18.4 Å². The van der Waals surface area contributed by atoms with Crippen LogP contribution in [0.4, 0.5) is 0 Å². The third-order valence-electron chi connectivity index (χ3n) is 4.76. The Morgan fingerprint density at radius 2 is 1.44 bits per heavy atom. The first-order chi connectivity index (χ1) is 16.6. The highest BCUT2D eigenvalue weighted by atomic mass is 16.5. The van der Waals surface area contributed by atoms with Crippen molar-refractivity contribution in [1.82, 2.24) is 5.43 Å². The molecule has 0 spiro atoms. The van der Waals surface area contributed by atoms with E-state index in [-0.39, 0.29) is 12.5 Å². The molecule has 3 rings (SSSR count). The molecular formula is C27H28N2O5. The van der Waals surface area contributed by atoms with Gasteiger partial charge in [-0.2, -0.15) is 5.10 Å². The summed E-state index contributed by atoms with van der Waals surface area (Å²) in [6.07, 6.45) is 3.36. The minimum Gasteiger partial charge on any atom is -0.494 e. The molecule has 0 fully saturated rings. The summed E-state index contributed by atoms with van der Waals surface area (Å²) in [5.41, 5.74) is 4.78. The molecule has 0 unspecified atom stereocenters. The molecule has 176 valence electrons. The second kappa shape index (κ2) is 12.8. The van der Waals surface area contributed by atoms with E-state index in [1.165, 1.54) is 11.8 Å². The summed E-state index contributed by atoms with van der Waals surface area (Å²) in [5, 5.41) is 3.92. The lowest BCUT2D eigenvalue weighted by Gasteiger charge is -2.07. The lowest BCUT2D eigenvalue weighted by Crippen LogP contribution is -2.24. The van der Waals surface area contributed by atoms with Gasteiger partial charge in [-0.25, -0.2) is 10.2 Å². The molecule has 0 saturated heterocycles. The largest absolute Gasteiger partial charge is 0.494 e. The molecule has 0 aliphatic heterocycles. The number of carbonyl (C=O) groups excluding carboxylic acids is 2. The van der Waals surface area contributed by atoms with Crippen LogP contribution in [-0.4, -0.2) is 31.3 Å². The number of hydrogen-bond acceptors (Lipinski definition) is 6. The number of hydrogen-bond donors (Lipinski definition) is 1. The molecule has 0 atom stereocenters. The summed E-state index contributed by atoms with van der Waals surface area (Å²) >= 11 is 0. The highest BCUT2D eigenvalue weighted by Crippen LogP contribution is 2.17. The number of hydrazone groups is 1. The van der Waals surface area contributed by atoms with Crippen molar-refractivity contribution in [3.05, 3.63) is 89.5 Å². The molecule has 0 radical (unpaired) electrons. The molecule has 0 aromatic heterocycles. The summed E-state index contributed by atoms with van der Waals surface area (Å²) in [6, 6.07) is 21.2. The predicted octanol–water partition coefficient (Wildman–Crippen LogP) is 4.79. The van der Waals surface area contributed by atoms with Gasteiger partial charge in [-0.15, -0.1) is 0 Å². The van der Waals surface area contributed by atoms with Crippen LogP contribution in [0.25, 0.3) is 0 Å². The Kier molecular flexibility index (Phi) is 9.22. The van der Waals surface area contributed by atoms with Crippen molar-refractivity contribution in [2.24, 2.45) is 5.10 Å². The van der Waals surface area contributed by atoms with Gasteiger partial charge >= 0.3 is 5.97 Å². The van der Waals surface area contributed by atoms with E-state index in [2.05, 4.69) is 17.5 Å². The first kappa shape index (κ1) is 24.5. The minimum atomic E-state index is -0.458. The van der Waals surface area contributed by atoms with Crippen LogP contribution in [0.5, 0.6) is 17.2 Å². The maximum atomic E-state index is 12.3. The van der Waals surface area contributed by atoms with Gasteiger partial charge in [-0.3, -0.25) is 4.79 Å². The Bertz CT molecular complexity index is 1090. The number of benzene rings is 3. The number of aryl methyl sites for hydroxylation is 1. The van der Waals surface area contributed by atoms with Crippen LogP contribution in [0.2, 0.25) is 0 Å². The van der Waals surface area contributed by atoms with Gasteiger partial charge in [0.1, 0.15) is 17.2 Å². The van der Waals surface area contributed by atoms with Crippen molar-refractivity contribution in [1.29, 1.82) is 0 Å². The predicted molar refractivity (Wildman–Crippen MR) is 131 cm³/mol. The number of nitrogens with zero attached hydrogens (tertiary/aromatic N) is 1. The van der Waals surface area contributed by atoms with E-state index < -0.39 is 5.97 Å².